The van der Waals surface area contributed by atoms with Crippen LogP contribution in [0.1, 0.15) is 56.1 Å². The highest BCUT2D eigenvalue weighted by Crippen LogP contribution is 2.45. The van der Waals surface area contributed by atoms with Crippen LogP contribution in [-0.2, 0) is 9.59 Å². The van der Waals surface area contributed by atoms with Crippen LogP contribution < -0.4 is 14.8 Å². The first-order chi connectivity index (χ1) is 16.4. The molecule has 5 nitrogen and oxygen atoms in total. The molecule has 5 rings (SSSR count). The van der Waals surface area contributed by atoms with E-state index in [2.05, 4.69) is 23.5 Å². The first kappa shape index (κ1) is 22.2. The minimum Gasteiger partial charge on any atom is -0.493 e. The summed E-state index contributed by atoms with van der Waals surface area (Å²) in [6.45, 7) is 3.94. The van der Waals surface area contributed by atoms with Crippen LogP contribution in [0.15, 0.2) is 71.9 Å². The average Bonchev–Trinajstić information content (AvgIpc) is 2.82. The molecule has 2 atom stereocenters. The number of ketones is 1. The molecule has 3 aromatic carbocycles. The zero-order valence-corrected chi connectivity index (χ0v) is 19.8. The van der Waals surface area contributed by atoms with E-state index in [1.165, 1.54) is 0 Å². The molecular weight excluding hydrogens is 426 g/mol. The number of allylic oxidation sites excluding steroid dienone is 2. The standard InChI is InChI=1S/C29H29NO4/c1-17(2)34-26-12-11-19(15-27(26)33-3)20-13-24-29(25(31)14-20)23(16-28(32)30-24)22-10-6-8-18-7-4-5-9-21(18)22/h4-12,15,17,20,23H,13-14,16H2,1-3H3,(H,30,32). The maximum absolute atomic E-state index is 13.5. The van der Waals surface area contributed by atoms with Gasteiger partial charge in [-0.2, -0.15) is 0 Å². The summed E-state index contributed by atoms with van der Waals surface area (Å²) in [5.41, 5.74) is 3.58. The molecule has 0 bridgehead atoms. The molecule has 0 aromatic heterocycles. The first-order valence-electron chi connectivity index (χ1n) is 11.8. The van der Waals surface area contributed by atoms with Gasteiger partial charge < -0.3 is 14.8 Å². The Balaban J connectivity index is 1.51. The van der Waals surface area contributed by atoms with E-state index in [4.69, 9.17) is 9.47 Å². The van der Waals surface area contributed by atoms with Crippen LogP contribution >= 0.6 is 0 Å². The average molecular weight is 456 g/mol. The quantitative estimate of drug-likeness (QED) is 0.541. The number of methoxy groups -OCH3 is 1. The lowest BCUT2D eigenvalue weighted by molar-refractivity contribution is -0.122. The molecule has 0 radical (unpaired) electrons. The zero-order valence-electron chi connectivity index (χ0n) is 19.8. The van der Waals surface area contributed by atoms with E-state index < -0.39 is 0 Å². The van der Waals surface area contributed by atoms with Crippen LogP contribution in [0.5, 0.6) is 11.5 Å². The van der Waals surface area contributed by atoms with Gasteiger partial charge in [-0.25, -0.2) is 0 Å². The highest BCUT2D eigenvalue weighted by atomic mass is 16.5. The van der Waals surface area contributed by atoms with Crippen LogP contribution in [0.25, 0.3) is 10.8 Å². The maximum Gasteiger partial charge on any atom is 0.225 e. The van der Waals surface area contributed by atoms with Gasteiger partial charge in [0.2, 0.25) is 5.91 Å². The molecule has 0 spiro atoms. The molecule has 174 valence electrons. The Morgan fingerprint density at radius 3 is 2.50 bits per heavy atom. The summed E-state index contributed by atoms with van der Waals surface area (Å²) in [6, 6.07) is 20.1. The Morgan fingerprint density at radius 1 is 0.912 bits per heavy atom. The van der Waals surface area contributed by atoms with Crippen molar-refractivity contribution in [1.29, 1.82) is 0 Å². The Bertz CT molecular complexity index is 1300. The minimum absolute atomic E-state index is 0.0279. The van der Waals surface area contributed by atoms with Crippen molar-refractivity contribution in [3.63, 3.8) is 0 Å². The van der Waals surface area contributed by atoms with E-state index in [1.807, 2.05) is 56.3 Å². The van der Waals surface area contributed by atoms with Gasteiger partial charge in [0.15, 0.2) is 17.3 Å². The van der Waals surface area contributed by atoms with Crippen LogP contribution in [-0.4, -0.2) is 24.9 Å². The fourth-order valence-electron chi connectivity index (χ4n) is 5.31. The van der Waals surface area contributed by atoms with E-state index in [-0.39, 0.29) is 36.1 Å². The summed E-state index contributed by atoms with van der Waals surface area (Å²) in [6.07, 6.45) is 1.34. The molecule has 2 unspecified atom stereocenters. The van der Waals surface area contributed by atoms with Crippen molar-refractivity contribution in [2.45, 2.75) is 51.0 Å². The fourth-order valence-corrected chi connectivity index (χ4v) is 5.31. The number of fused-ring (bicyclic) bond motifs is 1. The number of amides is 1. The highest BCUT2D eigenvalue weighted by molar-refractivity contribution is 6.03. The van der Waals surface area contributed by atoms with E-state index in [1.54, 1.807) is 7.11 Å². The summed E-state index contributed by atoms with van der Waals surface area (Å²) in [4.78, 5) is 26.3. The smallest absolute Gasteiger partial charge is 0.225 e. The Labute approximate surface area is 199 Å². The second kappa shape index (κ2) is 8.98. The minimum atomic E-state index is -0.223. The topological polar surface area (TPSA) is 64.6 Å². The summed E-state index contributed by atoms with van der Waals surface area (Å²) in [5.74, 6) is 1.15. The van der Waals surface area contributed by atoms with Crippen molar-refractivity contribution >= 4 is 22.5 Å². The molecular formula is C29H29NO4. The van der Waals surface area contributed by atoms with Crippen molar-refractivity contribution in [2.24, 2.45) is 0 Å². The van der Waals surface area contributed by atoms with Gasteiger partial charge in [0.1, 0.15) is 0 Å². The van der Waals surface area contributed by atoms with Crippen molar-refractivity contribution in [3.8, 4) is 11.5 Å². The normalized spacial score (nSPS) is 20.4. The van der Waals surface area contributed by atoms with Crippen molar-refractivity contribution < 1.29 is 19.1 Å². The zero-order chi connectivity index (χ0) is 23.8. The number of nitrogens with one attached hydrogen (secondary N) is 1. The number of carbonyl (C=O) groups is 2. The first-order valence-corrected chi connectivity index (χ1v) is 11.8. The lowest BCUT2D eigenvalue weighted by Gasteiger charge is -2.35. The Kier molecular flexibility index (Phi) is 5.86. The van der Waals surface area contributed by atoms with Gasteiger partial charge in [0.25, 0.3) is 0 Å². The molecule has 1 N–H and O–H groups in total. The van der Waals surface area contributed by atoms with E-state index in [0.29, 0.717) is 24.3 Å². The number of Topliss-reactive ketones (excluding diaryl/α,β-unsaturated/α-hetero) is 1. The van der Waals surface area contributed by atoms with Gasteiger partial charge in [-0.15, -0.1) is 0 Å². The second-order valence-corrected chi connectivity index (χ2v) is 9.37. The van der Waals surface area contributed by atoms with E-state index >= 15 is 0 Å². The Hall–Kier alpha value is -3.60. The number of benzene rings is 3. The molecule has 2 aliphatic rings. The number of carbonyl (C=O) groups excluding carboxylic acids is 2. The number of ether oxygens (including phenoxy) is 2. The lowest BCUT2D eigenvalue weighted by atomic mass is 9.73. The predicted octanol–water partition coefficient (Wildman–Crippen LogP) is 5.64. The van der Waals surface area contributed by atoms with Gasteiger partial charge in [0.05, 0.1) is 13.2 Å². The molecule has 34 heavy (non-hydrogen) atoms. The van der Waals surface area contributed by atoms with Crippen molar-refractivity contribution in [1.82, 2.24) is 5.32 Å². The van der Waals surface area contributed by atoms with Crippen molar-refractivity contribution in [3.05, 3.63) is 83.1 Å². The van der Waals surface area contributed by atoms with E-state index in [9.17, 15) is 9.59 Å². The second-order valence-electron chi connectivity index (χ2n) is 9.37. The molecule has 3 aromatic rings. The van der Waals surface area contributed by atoms with Crippen LogP contribution in [0, 0.1) is 0 Å². The molecule has 0 saturated heterocycles. The predicted molar refractivity (Wildman–Crippen MR) is 132 cm³/mol. The fraction of sp³-hybridized carbons (Fsp3) is 0.310. The summed E-state index contributed by atoms with van der Waals surface area (Å²) < 4.78 is 11.4. The molecule has 5 heteroatoms. The Morgan fingerprint density at radius 2 is 1.71 bits per heavy atom. The van der Waals surface area contributed by atoms with Crippen LogP contribution in [0.4, 0.5) is 0 Å². The number of rotatable bonds is 5. The highest BCUT2D eigenvalue weighted by Gasteiger charge is 2.38. The van der Waals surface area contributed by atoms with Gasteiger partial charge in [0, 0.05) is 30.0 Å². The third-order valence-corrected chi connectivity index (χ3v) is 6.76. The molecule has 1 aliphatic heterocycles. The van der Waals surface area contributed by atoms with Crippen LogP contribution in [0.2, 0.25) is 0 Å². The van der Waals surface area contributed by atoms with Gasteiger partial charge in [-0.05, 0) is 60.2 Å². The van der Waals surface area contributed by atoms with Gasteiger partial charge in [-0.1, -0.05) is 48.5 Å². The summed E-state index contributed by atoms with van der Waals surface area (Å²) in [5, 5.41) is 5.24. The van der Waals surface area contributed by atoms with Gasteiger partial charge in [-0.3, -0.25) is 9.59 Å². The third-order valence-electron chi connectivity index (χ3n) is 6.76. The van der Waals surface area contributed by atoms with Gasteiger partial charge >= 0.3 is 0 Å². The van der Waals surface area contributed by atoms with Crippen molar-refractivity contribution in [2.75, 3.05) is 7.11 Å². The molecule has 1 aliphatic carbocycles. The number of hydrogen-bond acceptors (Lipinski definition) is 4. The number of hydrogen-bond donors (Lipinski definition) is 1. The maximum atomic E-state index is 13.5. The molecule has 0 saturated carbocycles. The lowest BCUT2D eigenvalue weighted by Crippen LogP contribution is -2.38. The molecule has 1 amide bonds. The largest absolute Gasteiger partial charge is 0.493 e. The van der Waals surface area contributed by atoms with E-state index in [0.717, 1.165) is 33.2 Å². The summed E-state index contributed by atoms with van der Waals surface area (Å²) in [7, 11) is 1.62. The third kappa shape index (κ3) is 4.07. The molecule has 1 heterocycles. The molecule has 0 fully saturated rings. The summed E-state index contributed by atoms with van der Waals surface area (Å²) >= 11 is 0. The van der Waals surface area contributed by atoms with Crippen LogP contribution in [0.3, 0.4) is 0 Å². The monoisotopic (exact) mass is 455 g/mol. The SMILES string of the molecule is COc1cc(C2CC(=O)C3=C(C2)NC(=O)CC3c2cccc3ccccc23)ccc1OC(C)C.